The summed E-state index contributed by atoms with van der Waals surface area (Å²) in [4.78, 5) is 16.8. The molecule has 0 saturated carbocycles. The van der Waals surface area contributed by atoms with Crippen LogP contribution in [0.15, 0.2) is 59.6 Å². The fourth-order valence-electron chi connectivity index (χ4n) is 4.92. The molecule has 174 valence electrons. The molecule has 34 heavy (non-hydrogen) atoms. The molecule has 2 aromatic heterocycles. The molecule has 3 N–H and O–H groups in total. The maximum absolute atomic E-state index is 6.58. The number of hydrogen-bond acceptors (Lipinski definition) is 4. The molecular formula is C27H29ClN6. The molecule has 7 heteroatoms. The highest BCUT2D eigenvalue weighted by molar-refractivity contribution is 6.33. The molecule has 0 bridgehead atoms. The topological polar surface area (TPSA) is 63.0 Å². The van der Waals surface area contributed by atoms with Crippen molar-refractivity contribution in [3.05, 3.63) is 65.5 Å². The second kappa shape index (κ2) is 8.62. The predicted octanol–water partition coefficient (Wildman–Crippen LogP) is 4.96. The molecule has 1 atom stereocenters. The molecular weight excluding hydrogens is 444 g/mol. The molecule has 1 saturated heterocycles. The third kappa shape index (κ3) is 3.92. The van der Waals surface area contributed by atoms with E-state index >= 15 is 0 Å². The summed E-state index contributed by atoms with van der Waals surface area (Å²) in [6.07, 6.45) is 4.97. The first-order valence-electron chi connectivity index (χ1n) is 11.9. The van der Waals surface area contributed by atoms with E-state index in [-0.39, 0.29) is 6.04 Å². The molecule has 2 aliphatic rings. The van der Waals surface area contributed by atoms with Crippen LogP contribution in [0.25, 0.3) is 38.8 Å². The summed E-state index contributed by atoms with van der Waals surface area (Å²) in [6, 6.07) is 15.6. The van der Waals surface area contributed by atoms with E-state index in [1.807, 2.05) is 7.05 Å². The lowest BCUT2D eigenvalue weighted by molar-refractivity contribution is 0.313. The van der Waals surface area contributed by atoms with E-state index < -0.39 is 0 Å². The minimum Gasteiger partial charge on any atom is -0.369 e. The molecule has 3 heterocycles. The Morgan fingerprint density at radius 2 is 1.85 bits per heavy atom. The number of benzene rings is 2. The molecule has 1 aliphatic heterocycles. The summed E-state index contributed by atoms with van der Waals surface area (Å²) in [7, 11) is 4.14. The normalized spacial score (nSPS) is 19.6. The number of rotatable bonds is 4. The fraction of sp³-hybridized carbons (Fsp3) is 0.296. The number of imidazole rings is 1. The number of nitrogens with one attached hydrogen (secondary N) is 3. The summed E-state index contributed by atoms with van der Waals surface area (Å²) >= 11 is 6.58. The van der Waals surface area contributed by atoms with E-state index in [9.17, 15) is 0 Å². The van der Waals surface area contributed by atoms with Crippen LogP contribution in [0, 0.1) is 0 Å². The van der Waals surface area contributed by atoms with Crippen LogP contribution < -0.4 is 10.2 Å². The van der Waals surface area contributed by atoms with Gasteiger partial charge in [-0.05, 0) is 44.4 Å². The number of allylic oxidation sites excluding steroid dienone is 2. The van der Waals surface area contributed by atoms with Crippen LogP contribution in [0.3, 0.4) is 0 Å². The van der Waals surface area contributed by atoms with Crippen LogP contribution in [0.1, 0.15) is 12.2 Å². The molecule has 1 fully saturated rings. The van der Waals surface area contributed by atoms with Crippen molar-refractivity contribution < 1.29 is 0 Å². The van der Waals surface area contributed by atoms with Crippen molar-refractivity contribution in [1.82, 2.24) is 25.2 Å². The van der Waals surface area contributed by atoms with Crippen LogP contribution in [-0.4, -0.2) is 66.2 Å². The lowest BCUT2D eigenvalue weighted by atomic mass is 10.0. The van der Waals surface area contributed by atoms with Crippen molar-refractivity contribution in [2.45, 2.75) is 12.5 Å². The molecule has 1 unspecified atom stereocenters. The lowest BCUT2D eigenvalue weighted by Gasteiger charge is -2.34. The van der Waals surface area contributed by atoms with Gasteiger partial charge in [-0.15, -0.1) is 0 Å². The van der Waals surface area contributed by atoms with E-state index in [0.29, 0.717) is 0 Å². The summed E-state index contributed by atoms with van der Waals surface area (Å²) < 4.78 is 0. The van der Waals surface area contributed by atoms with Gasteiger partial charge >= 0.3 is 0 Å². The maximum atomic E-state index is 6.58. The third-order valence-electron chi connectivity index (χ3n) is 7.08. The number of hydrogen-bond donors (Lipinski definition) is 3. The molecule has 6 rings (SSSR count). The van der Waals surface area contributed by atoms with Crippen molar-refractivity contribution in [3.63, 3.8) is 0 Å². The second-order valence-electron chi connectivity index (χ2n) is 9.34. The average Bonchev–Trinajstić information content (AvgIpc) is 3.47. The molecule has 1 aliphatic carbocycles. The van der Waals surface area contributed by atoms with E-state index in [1.165, 1.54) is 16.6 Å². The Kier molecular flexibility index (Phi) is 5.44. The van der Waals surface area contributed by atoms with Crippen LogP contribution in [0.2, 0.25) is 0 Å². The summed E-state index contributed by atoms with van der Waals surface area (Å²) in [5, 5.41) is 5.30. The summed E-state index contributed by atoms with van der Waals surface area (Å²) in [6.45, 7) is 4.35. The SMILES string of the molecule is CNC1C=CC(c2nc3ccc(-c4cc5ccc(N6CCN(C)CC6)cc5[nH]4)cc3[nH]2)=C(Cl)C1. The maximum Gasteiger partial charge on any atom is 0.139 e. The highest BCUT2D eigenvalue weighted by atomic mass is 35.5. The first-order chi connectivity index (χ1) is 16.6. The smallest absolute Gasteiger partial charge is 0.139 e. The number of H-pyrrole nitrogens is 2. The minimum absolute atomic E-state index is 0.269. The van der Waals surface area contributed by atoms with Gasteiger partial charge in [-0.25, -0.2) is 4.98 Å². The summed E-state index contributed by atoms with van der Waals surface area (Å²) in [5.74, 6) is 0.816. The Balaban J connectivity index is 1.30. The quantitative estimate of drug-likeness (QED) is 0.393. The van der Waals surface area contributed by atoms with Gasteiger partial charge in [0.25, 0.3) is 0 Å². The minimum atomic E-state index is 0.269. The first-order valence-corrected chi connectivity index (χ1v) is 12.3. The molecule has 2 aromatic carbocycles. The van der Waals surface area contributed by atoms with Crippen molar-refractivity contribution in [2.75, 3.05) is 45.2 Å². The lowest BCUT2D eigenvalue weighted by Crippen LogP contribution is -2.44. The number of nitrogens with zero attached hydrogens (tertiary/aromatic N) is 3. The first kappa shape index (κ1) is 21.5. The van der Waals surface area contributed by atoms with Gasteiger partial charge in [0.2, 0.25) is 0 Å². The highest BCUT2D eigenvalue weighted by Gasteiger charge is 2.18. The number of piperazine rings is 1. The van der Waals surface area contributed by atoms with E-state index in [4.69, 9.17) is 16.6 Å². The van der Waals surface area contributed by atoms with Gasteiger partial charge in [0.1, 0.15) is 5.82 Å². The van der Waals surface area contributed by atoms with Crippen molar-refractivity contribution in [3.8, 4) is 11.3 Å². The Bertz CT molecular complexity index is 1420. The van der Waals surface area contributed by atoms with Crippen LogP contribution in [0.4, 0.5) is 5.69 Å². The van der Waals surface area contributed by atoms with Crippen molar-refractivity contribution >= 4 is 44.8 Å². The Labute approximate surface area is 204 Å². The van der Waals surface area contributed by atoms with E-state index in [2.05, 4.69) is 86.7 Å². The molecule has 6 nitrogen and oxygen atoms in total. The number of aromatic nitrogens is 3. The van der Waals surface area contributed by atoms with Gasteiger partial charge in [0, 0.05) is 77.1 Å². The van der Waals surface area contributed by atoms with Crippen LogP contribution >= 0.6 is 11.6 Å². The average molecular weight is 473 g/mol. The second-order valence-corrected chi connectivity index (χ2v) is 9.80. The number of anilines is 1. The van der Waals surface area contributed by atoms with Crippen molar-refractivity contribution in [1.29, 1.82) is 0 Å². The van der Waals surface area contributed by atoms with Gasteiger partial charge in [-0.2, -0.15) is 0 Å². The van der Waals surface area contributed by atoms with Crippen LogP contribution in [-0.2, 0) is 0 Å². The Morgan fingerprint density at radius 3 is 2.65 bits per heavy atom. The van der Waals surface area contributed by atoms with Gasteiger partial charge in [-0.1, -0.05) is 35.9 Å². The molecule has 0 amide bonds. The van der Waals surface area contributed by atoms with E-state index in [0.717, 1.165) is 71.3 Å². The molecule has 0 spiro atoms. The van der Waals surface area contributed by atoms with Gasteiger partial charge < -0.3 is 25.1 Å². The predicted molar refractivity (Wildman–Crippen MR) is 142 cm³/mol. The Morgan fingerprint density at radius 1 is 1.00 bits per heavy atom. The largest absolute Gasteiger partial charge is 0.369 e. The zero-order chi connectivity index (χ0) is 23.2. The molecule has 0 radical (unpaired) electrons. The zero-order valence-corrected chi connectivity index (χ0v) is 20.3. The summed E-state index contributed by atoms with van der Waals surface area (Å²) in [5.41, 5.74) is 7.60. The Hall–Kier alpha value is -3.06. The van der Waals surface area contributed by atoms with Gasteiger partial charge in [0.15, 0.2) is 0 Å². The van der Waals surface area contributed by atoms with Crippen molar-refractivity contribution in [2.24, 2.45) is 0 Å². The number of fused-ring (bicyclic) bond motifs is 2. The fourth-order valence-corrected chi connectivity index (χ4v) is 5.23. The van der Waals surface area contributed by atoms with E-state index in [1.54, 1.807) is 0 Å². The number of aromatic amines is 2. The highest BCUT2D eigenvalue weighted by Crippen LogP contribution is 2.32. The third-order valence-corrected chi connectivity index (χ3v) is 7.44. The monoisotopic (exact) mass is 472 g/mol. The number of likely N-dealkylation sites (N-methyl/N-ethyl adjacent to an activating group) is 2. The standard InChI is InChI=1S/C27H29ClN6/c1-29-19-5-7-21(22(28)15-19)27-31-23-8-4-18(14-26(23)32-27)24-13-17-3-6-20(16-25(17)30-24)34-11-9-33(2)10-12-34/h3-8,13-14,16,19,29-30H,9-12,15H2,1-2H3,(H,31,32). The van der Waals surface area contributed by atoms with Gasteiger partial charge in [-0.3, -0.25) is 0 Å². The van der Waals surface area contributed by atoms with Crippen LogP contribution in [0.5, 0.6) is 0 Å². The number of halogens is 1. The molecule has 4 aromatic rings. The van der Waals surface area contributed by atoms with Gasteiger partial charge in [0.05, 0.1) is 11.0 Å². The zero-order valence-electron chi connectivity index (χ0n) is 19.5.